The number of carbonyl (C=O) groups is 1. The second-order valence-corrected chi connectivity index (χ2v) is 5.96. The molecular weight excluding hydrogens is 236 g/mol. The summed E-state index contributed by atoms with van der Waals surface area (Å²) in [6.07, 6.45) is 8.09. The van der Waals surface area contributed by atoms with Crippen LogP contribution in [0.1, 0.15) is 64.6 Å². The van der Waals surface area contributed by atoms with Crippen LogP contribution in [-0.4, -0.2) is 15.6 Å². The maximum absolute atomic E-state index is 12.0. The number of ketones is 1. The Morgan fingerprint density at radius 3 is 2.95 bits per heavy atom. The van der Waals surface area contributed by atoms with Gasteiger partial charge in [-0.1, -0.05) is 20.3 Å². The van der Waals surface area contributed by atoms with Crippen molar-refractivity contribution in [1.29, 1.82) is 0 Å². The molecule has 1 aliphatic carbocycles. The molecular formula is C16H26N2O. The van der Waals surface area contributed by atoms with Crippen LogP contribution in [0, 0.1) is 11.8 Å². The quantitative estimate of drug-likeness (QED) is 0.809. The SMILES string of the molecule is CCC1CCC(=O)C(Cc2ccn(C(C)CC)n2)C1. The van der Waals surface area contributed by atoms with Crippen molar-refractivity contribution < 1.29 is 4.79 Å². The second kappa shape index (κ2) is 6.36. The molecule has 19 heavy (non-hydrogen) atoms. The van der Waals surface area contributed by atoms with Gasteiger partial charge in [-0.3, -0.25) is 9.48 Å². The van der Waals surface area contributed by atoms with E-state index in [1.54, 1.807) is 0 Å². The third-order valence-corrected chi connectivity index (χ3v) is 4.61. The highest BCUT2D eigenvalue weighted by Gasteiger charge is 2.28. The number of rotatable bonds is 5. The number of carbonyl (C=O) groups excluding carboxylic acids is 1. The highest BCUT2D eigenvalue weighted by atomic mass is 16.1. The zero-order chi connectivity index (χ0) is 13.8. The van der Waals surface area contributed by atoms with Crippen LogP contribution >= 0.6 is 0 Å². The lowest BCUT2D eigenvalue weighted by Gasteiger charge is -2.26. The van der Waals surface area contributed by atoms with Crippen LogP contribution < -0.4 is 0 Å². The Bertz CT molecular complexity index is 424. The lowest BCUT2D eigenvalue weighted by Crippen LogP contribution is -2.26. The van der Waals surface area contributed by atoms with E-state index in [1.165, 1.54) is 6.42 Å². The number of nitrogens with zero attached hydrogens (tertiary/aromatic N) is 2. The zero-order valence-electron chi connectivity index (χ0n) is 12.4. The van der Waals surface area contributed by atoms with E-state index >= 15 is 0 Å². The Morgan fingerprint density at radius 2 is 2.26 bits per heavy atom. The van der Waals surface area contributed by atoms with E-state index in [2.05, 4.69) is 31.9 Å². The van der Waals surface area contributed by atoms with Crippen molar-refractivity contribution in [2.75, 3.05) is 0 Å². The fourth-order valence-electron chi connectivity index (χ4n) is 2.94. The summed E-state index contributed by atoms with van der Waals surface area (Å²) in [4.78, 5) is 12.0. The lowest BCUT2D eigenvalue weighted by molar-refractivity contribution is -0.125. The first kappa shape index (κ1) is 14.3. The van der Waals surface area contributed by atoms with Crippen LogP contribution in [-0.2, 0) is 11.2 Å². The molecule has 3 heteroatoms. The molecule has 0 bridgehead atoms. The maximum atomic E-state index is 12.0. The summed E-state index contributed by atoms with van der Waals surface area (Å²) < 4.78 is 2.03. The summed E-state index contributed by atoms with van der Waals surface area (Å²) in [5.41, 5.74) is 1.08. The molecule has 0 amide bonds. The van der Waals surface area contributed by atoms with Crippen molar-refractivity contribution in [3.63, 3.8) is 0 Å². The van der Waals surface area contributed by atoms with Gasteiger partial charge in [-0.15, -0.1) is 0 Å². The third kappa shape index (κ3) is 3.46. The highest BCUT2D eigenvalue weighted by molar-refractivity contribution is 5.81. The van der Waals surface area contributed by atoms with E-state index in [1.807, 2.05) is 10.9 Å². The number of aromatic nitrogens is 2. The molecule has 106 valence electrons. The normalized spacial score (nSPS) is 25.5. The van der Waals surface area contributed by atoms with Gasteiger partial charge in [0.1, 0.15) is 5.78 Å². The number of hydrogen-bond acceptors (Lipinski definition) is 2. The predicted octanol–water partition coefficient (Wildman–Crippen LogP) is 3.79. The molecule has 0 radical (unpaired) electrons. The van der Waals surface area contributed by atoms with Gasteiger partial charge in [0.2, 0.25) is 0 Å². The van der Waals surface area contributed by atoms with Crippen LogP contribution in [0.25, 0.3) is 0 Å². The maximum Gasteiger partial charge on any atom is 0.136 e. The molecule has 0 aromatic carbocycles. The van der Waals surface area contributed by atoms with E-state index in [-0.39, 0.29) is 5.92 Å². The van der Waals surface area contributed by atoms with Gasteiger partial charge in [0, 0.05) is 31.0 Å². The molecule has 0 aliphatic heterocycles. The molecule has 0 saturated heterocycles. The van der Waals surface area contributed by atoms with Gasteiger partial charge in [0.05, 0.1) is 5.69 Å². The largest absolute Gasteiger partial charge is 0.299 e. The fourth-order valence-corrected chi connectivity index (χ4v) is 2.94. The first-order chi connectivity index (χ1) is 9.13. The van der Waals surface area contributed by atoms with E-state index in [0.29, 0.717) is 11.8 Å². The molecule has 1 heterocycles. The van der Waals surface area contributed by atoms with Gasteiger partial charge >= 0.3 is 0 Å². The Hall–Kier alpha value is -1.12. The minimum Gasteiger partial charge on any atom is -0.299 e. The van der Waals surface area contributed by atoms with E-state index in [9.17, 15) is 4.79 Å². The molecule has 3 unspecified atom stereocenters. The number of Topliss-reactive ketones (excluding diaryl/α,β-unsaturated/α-hetero) is 1. The third-order valence-electron chi connectivity index (χ3n) is 4.61. The van der Waals surface area contributed by atoms with E-state index in [0.717, 1.165) is 43.7 Å². The summed E-state index contributed by atoms with van der Waals surface area (Å²) in [6, 6.07) is 2.52. The first-order valence-corrected chi connectivity index (χ1v) is 7.70. The molecule has 3 atom stereocenters. The Balaban J connectivity index is 1.99. The van der Waals surface area contributed by atoms with Crippen LogP contribution in [0.2, 0.25) is 0 Å². The minimum atomic E-state index is 0.207. The van der Waals surface area contributed by atoms with Crippen molar-refractivity contribution in [3.8, 4) is 0 Å². The van der Waals surface area contributed by atoms with Crippen molar-refractivity contribution >= 4 is 5.78 Å². The molecule has 2 rings (SSSR count). The first-order valence-electron chi connectivity index (χ1n) is 7.70. The summed E-state index contributed by atoms with van der Waals surface area (Å²) in [5.74, 6) is 1.39. The number of hydrogen-bond donors (Lipinski definition) is 0. The van der Waals surface area contributed by atoms with Gasteiger partial charge in [0.15, 0.2) is 0 Å². The van der Waals surface area contributed by atoms with Gasteiger partial charge in [-0.25, -0.2) is 0 Å². The molecule has 0 spiro atoms. The standard InChI is InChI=1S/C16H26N2O/c1-4-12(3)18-9-8-15(17-18)11-14-10-13(5-2)6-7-16(14)19/h8-9,12-14H,4-7,10-11H2,1-3H3. The van der Waals surface area contributed by atoms with Gasteiger partial charge < -0.3 is 0 Å². The molecule has 1 fully saturated rings. The second-order valence-electron chi connectivity index (χ2n) is 5.96. The molecule has 3 nitrogen and oxygen atoms in total. The average Bonchev–Trinajstić information content (AvgIpc) is 2.89. The lowest BCUT2D eigenvalue weighted by atomic mass is 9.77. The van der Waals surface area contributed by atoms with Crippen LogP contribution in [0.15, 0.2) is 12.3 Å². The van der Waals surface area contributed by atoms with Gasteiger partial charge in [0.25, 0.3) is 0 Å². The fraction of sp³-hybridized carbons (Fsp3) is 0.750. The molecule has 1 saturated carbocycles. The van der Waals surface area contributed by atoms with Crippen molar-refractivity contribution in [1.82, 2.24) is 9.78 Å². The molecule has 1 aromatic heterocycles. The summed E-state index contributed by atoms with van der Waals surface area (Å²) in [6.45, 7) is 6.58. The van der Waals surface area contributed by atoms with Crippen molar-refractivity contribution in [2.24, 2.45) is 11.8 Å². The highest BCUT2D eigenvalue weighted by Crippen LogP contribution is 2.30. The van der Waals surface area contributed by atoms with E-state index < -0.39 is 0 Å². The molecule has 1 aromatic rings. The smallest absolute Gasteiger partial charge is 0.136 e. The topological polar surface area (TPSA) is 34.9 Å². The summed E-state index contributed by atoms with van der Waals surface area (Å²) in [7, 11) is 0. The molecule has 0 N–H and O–H groups in total. The van der Waals surface area contributed by atoms with Crippen molar-refractivity contribution in [2.45, 2.75) is 65.3 Å². The van der Waals surface area contributed by atoms with Crippen molar-refractivity contribution in [3.05, 3.63) is 18.0 Å². The van der Waals surface area contributed by atoms with Crippen LogP contribution in [0.5, 0.6) is 0 Å². The van der Waals surface area contributed by atoms with Crippen LogP contribution in [0.4, 0.5) is 0 Å². The van der Waals surface area contributed by atoms with Gasteiger partial charge in [-0.05, 0) is 38.2 Å². The minimum absolute atomic E-state index is 0.207. The van der Waals surface area contributed by atoms with E-state index in [4.69, 9.17) is 0 Å². The van der Waals surface area contributed by atoms with Crippen LogP contribution in [0.3, 0.4) is 0 Å². The zero-order valence-corrected chi connectivity index (χ0v) is 12.4. The summed E-state index contributed by atoms with van der Waals surface area (Å²) in [5, 5.41) is 4.62. The molecule has 1 aliphatic rings. The Kier molecular flexibility index (Phi) is 4.78. The summed E-state index contributed by atoms with van der Waals surface area (Å²) >= 11 is 0. The Morgan fingerprint density at radius 1 is 1.47 bits per heavy atom. The Labute approximate surface area is 116 Å². The monoisotopic (exact) mass is 262 g/mol. The van der Waals surface area contributed by atoms with Gasteiger partial charge in [-0.2, -0.15) is 5.10 Å². The predicted molar refractivity (Wildman–Crippen MR) is 77.1 cm³/mol. The average molecular weight is 262 g/mol.